The molecule has 1 atom stereocenters. The van der Waals surface area contributed by atoms with Crippen LogP contribution >= 0.6 is 0 Å². The van der Waals surface area contributed by atoms with E-state index >= 15 is 0 Å². The zero-order valence-electron chi connectivity index (χ0n) is 24.4. The van der Waals surface area contributed by atoms with Crippen LogP contribution in [0.3, 0.4) is 0 Å². The van der Waals surface area contributed by atoms with E-state index in [0.29, 0.717) is 29.9 Å². The predicted molar refractivity (Wildman–Crippen MR) is 163 cm³/mol. The van der Waals surface area contributed by atoms with Crippen LogP contribution in [0.15, 0.2) is 77.7 Å². The van der Waals surface area contributed by atoms with Gasteiger partial charge in [0.25, 0.3) is 15.9 Å². The van der Waals surface area contributed by atoms with Gasteiger partial charge < -0.3 is 4.90 Å². The summed E-state index contributed by atoms with van der Waals surface area (Å²) in [6, 6.07) is 22.6. The monoisotopic (exact) mass is 568 g/mol. The van der Waals surface area contributed by atoms with Crippen LogP contribution in [0.25, 0.3) is 11.3 Å². The van der Waals surface area contributed by atoms with Gasteiger partial charge in [-0.2, -0.15) is 0 Å². The van der Waals surface area contributed by atoms with Crippen molar-refractivity contribution in [1.29, 1.82) is 0 Å². The summed E-state index contributed by atoms with van der Waals surface area (Å²) in [5.74, 6) is -0.449. The Bertz CT molecular complexity index is 1700. The van der Waals surface area contributed by atoms with Crippen molar-refractivity contribution in [2.24, 2.45) is 0 Å². The first-order valence-corrected chi connectivity index (χ1v) is 15.3. The first-order chi connectivity index (χ1) is 19.3. The lowest BCUT2D eigenvalue weighted by molar-refractivity contribution is 0.0791. The molecule has 0 aliphatic carbocycles. The van der Waals surface area contributed by atoms with Crippen LogP contribution in [0.5, 0.6) is 0 Å². The minimum atomic E-state index is -4.07. The molecular formula is C33H36N4O3S. The summed E-state index contributed by atoms with van der Waals surface area (Å²) in [5, 5.41) is 0. The minimum absolute atomic E-state index is 0.000434. The van der Waals surface area contributed by atoms with Crippen LogP contribution in [-0.2, 0) is 15.4 Å². The van der Waals surface area contributed by atoms with Crippen LogP contribution in [0.2, 0.25) is 0 Å². The molecule has 1 amide bonds. The molecule has 1 aliphatic rings. The average molecular weight is 569 g/mol. The molecule has 0 saturated heterocycles. The topological polar surface area (TPSA) is 92.3 Å². The van der Waals surface area contributed by atoms with Gasteiger partial charge in [0.15, 0.2) is 0 Å². The number of fused-ring (bicyclic) bond motifs is 4. The zero-order chi connectivity index (χ0) is 29.5. The number of hydrogen-bond acceptors (Lipinski definition) is 5. The lowest BCUT2D eigenvalue weighted by atomic mass is 9.84. The number of sulfonamides is 1. The third-order valence-corrected chi connectivity index (χ3v) is 9.06. The molecule has 1 aliphatic heterocycles. The standard InChI is InChI=1S/C33H36N4O3S/c1-21-9-7-10-22(2)30(21)29-20-28-27(23-13-15-25(16-14-23)33(3,4)5)17-18-37(6)31(38)24-11-8-12-26(19-24)41(39,40)36-32(34-28)35-29/h7-16,19-20,27H,17-18H2,1-6H3,(H,34,35,36). The zero-order valence-corrected chi connectivity index (χ0v) is 25.2. The molecule has 212 valence electrons. The molecule has 1 unspecified atom stereocenters. The first-order valence-electron chi connectivity index (χ1n) is 13.8. The quantitative estimate of drug-likeness (QED) is 0.299. The molecule has 4 bridgehead atoms. The third-order valence-electron chi connectivity index (χ3n) is 7.74. The molecule has 5 rings (SSSR count). The summed E-state index contributed by atoms with van der Waals surface area (Å²) >= 11 is 0. The van der Waals surface area contributed by atoms with Gasteiger partial charge in [-0.15, -0.1) is 0 Å². The number of amides is 1. The van der Waals surface area contributed by atoms with E-state index in [9.17, 15) is 13.2 Å². The number of benzene rings is 3. The molecular weight excluding hydrogens is 532 g/mol. The largest absolute Gasteiger partial charge is 0.342 e. The smallest absolute Gasteiger partial charge is 0.264 e. The second-order valence-electron chi connectivity index (χ2n) is 11.8. The van der Waals surface area contributed by atoms with E-state index in [4.69, 9.17) is 9.97 Å². The molecule has 0 saturated carbocycles. The molecule has 7 nitrogen and oxygen atoms in total. The Morgan fingerprint density at radius 2 is 1.56 bits per heavy atom. The van der Waals surface area contributed by atoms with E-state index in [1.54, 1.807) is 24.1 Å². The van der Waals surface area contributed by atoms with Crippen molar-refractivity contribution in [3.05, 3.63) is 106 Å². The highest BCUT2D eigenvalue weighted by molar-refractivity contribution is 7.92. The maximum absolute atomic E-state index is 13.5. The van der Waals surface area contributed by atoms with Gasteiger partial charge in [0.1, 0.15) is 0 Å². The summed E-state index contributed by atoms with van der Waals surface area (Å²) in [7, 11) is -2.32. The summed E-state index contributed by atoms with van der Waals surface area (Å²) in [4.78, 5) is 24.4. The first kappa shape index (κ1) is 28.5. The van der Waals surface area contributed by atoms with E-state index in [1.165, 1.54) is 17.7 Å². The van der Waals surface area contributed by atoms with Crippen molar-refractivity contribution in [2.75, 3.05) is 18.3 Å². The molecule has 1 aromatic heterocycles. The molecule has 0 fully saturated rings. The third kappa shape index (κ3) is 5.88. The fourth-order valence-electron chi connectivity index (χ4n) is 5.36. The van der Waals surface area contributed by atoms with Crippen molar-refractivity contribution >= 4 is 21.9 Å². The average Bonchev–Trinajstić information content (AvgIpc) is 2.92. The second-order valence-corrected chi connectivity index (χ2v) is 13.5. The number of nitrogens with one attached hydrogen (secondary N) is 1. The Hall–Kier alpha value is -4.04. The van der Waals surface area contributed by atoms with Gasteiger partial charge in [0.2, 0.25) is 5.95 Å². The maximum Gasteiger partial charge on any atom is 0.264 e. The number of nitrogens with zero attached hydrogens (tertiary/aromatic N) is 3. The molecule has 0 radical (unpaired) electrons. The van der Waals surface area contributed by atoms with Gasteiger partial charge >= 0.3 is 0 Å². The lowest BCUT2D eigenvalue weighted by Crippen LogP contribution is -2.29. The van der Waals surface area contributed by atoms with Crippen LogP contribution in [0.4, 0.5) is 5.95 Å². The highest BCUT2D eigenvalue weighted by Gasteiger charge is 2.26. The molecule has 4 aromatic rings. The Labute approximate surface area is 242 Å². The van der Waals surface area contributed by atoms with Crippen molar-refractivity contribution < 1.29 is 13.2 Å². The van der Waals surface area contributed by atoms with Crippen molar-refractivity contribution in [1.82, 2.24) is 14.9 Å². The van der Waals surface area contributed by atoms with Crippen LogP contribution in [-0.4, -0.2) is 42.8 Å². The molecule has 0 spiro atoms. The Morgan fingerprint density at radius 1 is 0.902 bits per heavy atom. The van der Waals surface area contributed by atoms with Gasteiger partial charge in [-0.3, -0.25) is 4.79 Å². The normalized spacial score (nSPS) is 17.2. The molecule has 2 heterocycles. The number of aromatic nitrogens is 2. The Morgan fingerprint density at radius 3 is 2.22 bits per heavy atom. The Balaban J connectivity index is 1.73. The van der Waals surface area contributed by atoms with Gasteiger partial charge in [0, 0.05) is 30.6 Å². The van der Waals surface area contributed by atoms with E-state index < -0.39 is 10.0 Å². The fourth-order valence-corrected chi connectivity index (χ4v) is 6.35. The summed E-state index contributed by atoms with van der Waals surface area (Å²) in [5.41, 5.74) is 6.90. The van der Waals surface area contributed by atoms with Crippen molar-refractivity contribution in [2.45, 2.75) is 57.3 Å². The number of carbonyl (C=O) groups is 1. The van der Waals surface area contributed by atoms with Crippen molar-refractivity contribution in [3.63, 3.8) is 0 Å². The number of aryl methyl sites for hydroxylation is 2. The van der Waals surface area contributed by atoms with Crippen LogP contribution in [0.1, 0.15) is 71.4 Å². The van der Waals surface area contributed by atoms with Gasteiger partial charge in [0.05, 0.1) is 16.3 Å². The summed E-state index contributed by atoms with van der Waals surface area (Å²) in [6.45, 7) is 11.0. The fraction of sp³-hybridized carbons (Fsp3) is 0.303. The number of anilines is 1. The number of rotatable bonds is 2. The summed E-state index contributed by atoms with van der Waals surface area (Å²) < 4.78 is 29.6. The molecule has 1 N–H and O–H groups in total. The van der Waals surface area contributed by atoms with Gasteiger partial charge in [-0.1, -0.05) is 69.3 Å². The maximum atomic E-state index is 13.5. The van der Waals surface area contributed by atoms with Crippen LogP contribution < -0.4 is 4.72 Å². The second kappa shape index (κ2) is 10.7. The van der Waals surface area contributed by atoms with E-state index in [2.05, 4.69) is 49.8 Å². The number of hydrogen-bond donors (Lipinski definition) is 1. The molecule has 8 heteroatoms. The SMILES string of the molecule is Cc1cccc(C)c1-c1cc2nc(n1)NS(=O)(=O)c1cccc(c1)C(=O)N(C)CCC2c1ccc(C(C)(C)C)cc1. The highest BCUT2D eigenvalue weighted by Crippen LogP contribution is 2.34. The van der Waals surface area contributed by atoms with Gasteiger partial charge in [-0.05, 0) is 72.2 Å². The molecule has 3 aromatic carbocycles. The lowest BCUT2D eigenvalue weighted by Gasteiger charge is -2.24. The van der Waals surface area contributed by atoms with E-state index in [-0.39, 0.29) is 28.1 Å². The van der Waals surface area contributed by atoms with Gasteiger partial charge in [-0.25, -0.2) is 23.1 Å². The molecule has 41 heavy (non-hydrogen) atoms. The van der Waals surface area contributed by atoms with Crippen molar-refractivity contribution in [3.8, 4) is 11.3 Å². The predicted octanol–water partition coefficient (Wildman–Crippen LogP) is 6.47. The van der Waals surface area contributed by atoms with E-state index in [1.807, 2.05) is 38.1 Å². The number of carbonyl (C=O) groups excluding carboxylic acids is 1. The summed E-state index contributed by atoms with van der Waals surface area (Å²) in [6.07, 6.45) is 0.589. The minimum Gasteiger partial charge on any atom is -0.342 e. The van der Waals surface area contributed by atoms with Crippen LogP contribution in [0, 0.1) is 13.8 Å². The van der Waals surface area contributed by atoms with E-state index in [0.717, 1.165) is 22.3 Å². The Kier molecular flexibility index (Phi) is 7.46. The highest BCUT2D eigenvalue weighted by atomic mass is 32.2.